The standard InChI is InChI=1S/C76H133NO10/c1-4-7-10-13-16-19-22-25-27-29-31-33-34-35-37-38-40-42-45-48-51-54-57-60-63-69(80)75(84)77-67(68(79)62-59-56-53-50-47-44-24-21-18-15-12-9-6-3)66-85-76-74(73(83)72(82)70(65-78)86-76)87-71(81)64-61-58-55-52-49-46-43-41-39-36-32-30-28-26-23-20-17-14-11-8-5-2/h8,11,16-17,19-20,25-28,32,36,41,43,59,62,67-70,72-74,76,78-80,82-83H,4-7,9-10,12-15,18,21-24,29-31,33-35,37-40,42,44-58,60-61,63-66H2,1-3H3,(H,77,84)/b11-8-,19-16-,20-17-,27-25-,28-26-,36-32-,43-41-,62-59+. The molecule has 1 heterocycles. The third-order valence-electron chi connectivity index (χ3n) is 16.5. The predicted molar refractivity (Wildman–Crippen MR) is 365 cm³/mol. The fourth-order valence-electron chi connectivity index (χ4n) is 10.8. The molecule has 1 aliphatic heterocycles. The molecule has 87 heavy (non-hydrogen) atoms. The van der Waals surface area contributed by atoms with Gasteiger partial charge in [-0.05, 0) is 103 Å². The molecular weight excluding hydrogens is 1090 g/mol. The Bertz CT molecular complexity index is 1790. The van der Waals surface area contributed by atoms with Crippen molar-refractivity contribution in [1.29, 1.82) is 0 Å². The van der Waals surface area contributed by atoms with Crippen LogP contribution in [0.5, 0.6) is 0 Å². The van der Waals surface area contributed by atoms with Gasteiger partial charge in [0.25, 0.3) is 0 Å². The van der Waals surface area contributed by atoms with Gasteiger partial charge in [0.05, 0.1) is 25.4 Å². The average Bonchev–Trinajstić information content (AvgIpc) is 2.32. The summed E-state index contributed by atoms with van der Waals surface area (Å²) in [6, 6.07) is -1.03. The predicted octanol–water partition coefficient (Wildman–Crippen LogP) is 18.6. The van der Waals surface area contributed by atoms with E-state index in [0.29, 0.717) is 12.8 Å². The van der Waals surface area contributed by atoms with Crippen LogP contribution in [0.1, 0.15) is 310 Å². The minimum absolute atomic E-state index is 0.0980. The highest BCUT2D eigenvalue weighted by molar-refractivity contribution is 5.80. The zero-order valence-corrected chi connectivity index (χ0v) is 55.9. The zero-order valence-electron chi connectivity index (χ0n) is 55.9. The Balaban J connectivity index is 2.60. The molecule has 0 spiro atoms. The number of hydrogen-bond donors (Lipinski definition) is 6. The number of aliphatic hydroxyl groups is 5. The van der Waals surface area contributed by atoms with Crippen molar-refractivity contribution in [1.82, 2.24) is 5.32 Å². The molecule has 6 N–H and O–H groups in total. The average molecular weight is 1220 g/mol. The topological polar surface area (TPSA) is 175 Å². The van der Waals surface area contributed by atoms with Crippen molar-refractivity contribution in [2.45, 2.75) is 359 Å². The highest BCUT2D eigenvalue weighted by Gasteiger charge is 2.47. The Morgan fingerprint density at radius 1 is 0.460 bits per heavy atom. The maximum atomic E-state index is 13.5. The largest absolute Gasteiger partial charge is 0.454 e. The molecule has 0 aromatic carbocycles. The quantitative estimate of drug-likeness (QED) is 0.0195. The van der Waals surface area contributed by atoms with E-state index in [-0.39, 0.29) is 19.4 Å². The first-order chi connectivity index (χ1) is 42.7. The molecule has 0 aromatic rings. The summed E-state index contributed by atoms with van der Waals surface area (Å²) in [5.41, 5.74) is 0. The second-order valence-corrected chi connectivity index (χ2v) is 24.6. The minimum atomic E-state index is -1.63. The van der Waals surface area contributed by atoms with E-state index in [1.54, 1.807) is 6.08 Å². The molecule has 11 heteroatoms. The number of ether oxygens (including phenoxy) is 3. The van der Waals surface area contributed by atoms with E-state index < -0.39 is 67.4 Å². The molecule has 8 atom stereocenters. The minimum Gasteiger partial charge on any atom is -0.454 e. The van der Waals surface area contributed by atoms with Crippen LogP contribution in [0.4, 0.5) is 0 Å². The second kappa shape index (κ2) is 62.8. The van der Waals surface area contributed by atoms with Crippen LogP contribution in [0.25, 0.3) is 0 Å². The number of nitrogens with one attached hydrogen (secondary N) is 1. The number of allylic oxidation sites excluding steroid dienone is 15. The number of unbranched alkanes of at least 4 members (excludes halogenated alkanes) is 33. The van der Waals surface area contributed by atoms with E-state index in [1.807, 2.05) is 6.08 Å². The SMILES string of the molecule is CC/C=C\C/C=C\C/C=C\C/C=C\C/C=C\CCCCCCCC(=O)OC1C(OCC(NC(=O)C(O)CCCCCCCCCCCCCCCC/C=C\C/C=C\CCCCC)C(O)/C=C/CCCCCCCCCCCCC)OC(CO)C(O)C1O. The first kappa shape index (κ1) is 81.6. The van der Waals surface area contributed by atoms with Gasteiger partial charge in [-0.25, -0.2) is 0 Å². The van der Waals surface area contributed by atoms with Gasteiger partial charge in [0.2, 0.25) is 5.91 Å². The number of carbonyl (C=O) groups excluding carboxylic acids is 2. The van der Waals surface area contributed by atoms with Crippen molar-refractivity contribution in [3.63, 3.8) is 0 Å². The van der Waals surface area contributed by atoms with E-state index in [1.165, 1.54) is 154 Å². The summed E-state index contributed by atoms with van der Waals surface area (Å²) in [6.45, 7) is 5.67. The van der Waals surface area contributed by atoms with E-state index in [0.717, 1.165) is 109 Å². The third-order valence-corrected chi connectivity index (χ3v) is 16.5. The van der Waals surface area contributed by atoms with Crippen LogP contribution in [-0.4, -0.2) is 99.6 Å². The molecule has 0 aliphatic carbocycles. The molecule has 1 amide bonds. The lowest BCUT2D eigenvalue weighted by Gasteiger charge is -2.41. The first-order valence-electron chi connectivity index (χ1n) is 36.0. The van der Waals surface area contributed by atoms with Crippen molar-refractivity contribution >= 4 is 11.9 Å². The lowest BCUT2D eigenvalue weighted by molar-refractivity contribution is -0.305. The Hall–Kier alpha value is -3.42. The molecule has 0 bridgehead atoms. The molecular formula is C76H133NO10. The van der Waals surface area contributed by atoms with Gasteiger partial charge in [0.1, 0.15) is 24.4 Å². The van der Waals surface area contributed by atoms with Crippen LogP contribution in [-0.2, 0) is 23.8 Å². The van der Waals surface area contributed by atoms with E-state index in [4.69, 9.17) is 14.2 Å². The van der Waals surface area contributed by atoms with E-state index >= 15 is 0 Å². The number of aliphatic hydroxyl groups excluding tert-OH is 5. The third kappa shape index (κ3) is 50.0. The summed E-state index contributed by atoms with van der Waals surface area (Å²) in [4.78, 5) is 26.7. The van der Waals surface area contributed by atoms with Gasteiger partial charge < -0.3 is 45.1 Å². The normalized spacial score (nSPS) is 18.8. The molecule has 1 rings (SSSR count). The molecule has 0 radical (unpaired) electrons. The van der Waals surface area contributed by atoms with Gasteiger partial charge in [0.15, 0.2) is 12.4 Å². The summed E-state index contributed by atoms with van der Waals surface area (Å²) in [7, 11) is 0. The van der Waals surface area contributed by atoms with Crippen LogP contribution in [0.15, 0.2) is 97.2 Å². The number of amides is 1. The maximum absolute atomic E-state index is 13.5. The Labute approximate surface area is 533 Å². The Kier molecular flexibility index (Phi) is 58.9. The number of carbonyl (C=O) groups is 2. The van der Waals surface area contributed by atoms with Crippen LogP contribution in [0, 0.1) is 0 Å². The molecule has 0 saturated carbocycles. The number of rotatable bonds is 61. The highest BCUT2D eigenvalue weighted by atomic mass is 16.7. The highest BCUT2D eigenvalue weighted by Crippen LogP contribution is 2.26. The summed E-state index contributed by atoms with van der Waals surface area (Å²) in [5, 5.41) is 57.3. The van der Waals surface area contributed by atoms with Crippen molar-refractivity contribution in [3.05, 3.63) is 97.2 Å². The molecule has 11 nitrogen and oxygen atoms in total. The summed E-state index contributed by atoms with van der Waals surface area (Å²) in [6.07, 6.45) is 74.4. The number of esters is 1. The molecule has 8 unspecified atom stereocenters. The molecule has 502 valence electrons. The number of hydrogen-bond acceptors (Lipinski definition) is 10. The summed E-state index contributed by atoms with van der Waals surface area (Å²) < 4.78 is 17.7. The Morgan fingerprint density at radius 2 is 0.828 bits per heavy atom. The monoisotopic (exact) mass is 1220 g/mol. The van der Waals surface area contributed by atoms with Gasteiger partial charge >= 0.3 is 5.97 Å². The van der Waals surface area contributed by atoms with Gasteiger partial charge in [-0.15, -0.1) is 0 Å². The fourth-order valence-corrected chi connectivity index (χ4v) is 10.8. The zero-order chi connectivity index (χ0) is 63.1. The van der Waals surface area contributed by atoms with Crippen LogP contribution < -0.4 is 5.32 Å². The van der Waals surface area contributed by atoms with Crippen molar-refractivity contribution in [3.8, 4) is 0 Å². The molecule has 0 aromatic heterocycles. The Morgan fingerprint density at radius 3 is 1.26 bits per heavy atom. The fraction of sp³-hybridized carbons (Fsp3) is 0.763. The van der Waals surface area contributed by atoms with E-state index in [9.17, 15) is 35.1 Å². The molecule has 1 fully saturated rings. The van der Waals surface area contributed by atoms with Gasteiger partial charge in [-0.2, -0.15) is 0 Å². The van der Waals surface area contributed by atoms with Gasteiger partial charge in [0, 0.05) is 6.42 Å². The second-order valence-electron chi connectivity index (χ2n) is 24.6. The van der Waals surface area contributed by atoms with Crippen molar-refractivity contribution in [2.75, 3.05) is 13.2 Å². The maximum Gasteiger partial charge on any atom is 0.306 e. The summed E-state index contributed by atoms with van der Waals surface area (Å²) >= 11 is 0. The van der Waals surface area contributed by atoms with Crippen molar-refractivity contribution < 1.29 is 49.3 Å². The van der Waals surface area contributed by atoms with Gasteiger partial charge in [-0.3, -0.25) is 9.59 Å². The van der Waals surface area contributed by atoms with Crippen molar-refractivity contribution in [2.24, 2.45) is 0 Å². The lowest BCUT2D eigenvalue weighted by Crippen LogP contribution is -2.61. The first-order valence-corrected chi connectivity index (χ1v) is 36.0. The van der Waals surface area contributed by atoms with E-state index in [2.05, 4.69) is 111 Å². The molecule has 1 saturated heterocycles. The van der Waals surface area contributed by atoms with Crippen LogP contribution >= 0.6 is 0 Å². The molecule has 1 aliphatic rings. The summed E-state index contributed by atoms with van der Waals surface area (Å²) in [5.74, 6) is -1.21. The van der Waals surface area contributed by atoms with Crippen LogP contribution in [0.2, 0.25) is 0 Å². The van der Waals surface area contributed by atoms with Gasteiger partial charge in [-0.1, -0.05) is 298 Å². The van der Waals surface area contributed by atoms with Crippen LogP contribution in [0.3, 0.4) is 0 Å². The lowest BCUT2D eigenvalue weighted by atomic mass is 9.99. The smallest absolute Gasteiger partial charge is 0.306 e.